The second-order valence-corrected chi connectivity index (χ2v) is 5.38. The Hall–Kier alpha value is -2.95. The Kier molecular flexibility index (Phi) is 5.93. The quantitative estimate of drug-likeness (QED) is 0.566. The Bertz CT molecular complexity index is 785. The van der Waals surface area contributed by atoms with E-state index in [9.17, 15) is 23.3 Å². The monoisotopic (exact) mass is 371 g/mol. The van der Waals surface area contributed by atoms with E-state index in [4.69, 9.17) is 4.74 Å². The first-order valence-corrected chi connectivity index (χ1v) is 7.41. The molecule has 1 aromatic heterocycles. The number of methoxy groups -OCH3 is 1. The number of nitrogens with zero attached hydrogens (tertiary/aromatic N) is 3. The molecular weight excluding hydrogens is 355 g/mol. The number of alkyl halides is 3. The number of benzene rings is 1. The summed E-state index contributed by atoms with van der Waals surface area (Å²) in [7, 11) is 1.48. The first kappa shape index (κ1) is 19.4. The lowest BCUT2D eigenvalue weighted by Crippen LogP contribution is -2.22. The highest BCUT2D eigenvalue weighted by Crippen LogP contribution is 2.34. The van der Waals surface area contributed by atoms with Crippen molar-refractivity contribution >= 4 is 23.0 Å². The highest BCUT2D eigenvalue weighted by Gasteiger charge is 2.31. The number of nitro groups is 1. The van der Waals surface area contributed by atoms with E-state index in [2.05, 4.69) is 20.6 Å². The molecule has 11 heteroatoms. The van der Waals surface area contributed by atoms with Crippen LogP contribution in [0.1, 0.15) is 12.5 Å². The average molecular weight is 371 g/mol. The van der Waals surface area contributed by atoms with Crippen molar-refractivity contribution in [3.05, 3.63) is 46.3 Å². The van der Waals surface area contributed by atoms with E-state index in [1.807, 2.05) is 0 Å². The minimum atomic E-state index is -4.53. The number of ether oxygens (including phenoxy) is 1. The van der Waals surface area contributed by atoms with Crippen molar-refractivity contribution in [3.63, 3.8) is 0 Å². The zero-order chi connectivity index (χ0) is 19.3. The van der Waals surface area contributed by atoms with Gasteiger partial charge in [0.25, 0.3) is 0 Å². The SMILES string of the molecule is COCC(C)Nc1ncnc(Nc2cccc(C(F)(F)F)c2)c1[N+](=O)[O-]. The van der Waals surface area contributed by atoms with Gasteiger partial charge in [0, 0.05) is 18.8 Å². The Morgan fingerprint density at radius 2 is 2.00 bits per heavy atom. The summed E-state index contributed by atoms with van der Waals surface area (Å²) in [6.07, 6.45) is -3.46. The summed E-state index contributed by atoms with van der Waals surface area (Å²) in [5.74, 6) is -0.291. The van der Waals surface area contributed by atoms with E-state index < -0.39 is 22.4 Å². The highest BCUT2D eigenvalue weighted by atomic mass is 19.4. The number of aromatic nitrogens is 2. The molecule has 1 heterocycles. The maximum atomic E-state index is 12.8. The number of hydrogen-bond acceptors (Lipinski definition) is 7. The van der Waals surface area contributed by atoms with Crippen LogP contribution in [0.5, 0.6) is 0 Å². The lowest BCUT2D eigenvalue weighted by atomic mass is 10.2. The number of rotatable bonds is 7. The molecule has 2 N–H and O–H groups in total. The molecule has 0 amide bonds. The van der Waals surface area contributed by atoms with Crippen molar-refractivity contribution in [2.24, 2.45) is 0 Å². The van der Waals surface area contributed by atoms with Gasteiger partial charge in [0.15, 0.2) is 0 Å². The van der Waals surface area contributed by atoms with Gasteiger partial charge in [0.1, 0.15) is 6.33 Å². The van der Waals surface area contributed by atoms with Crippen LogP contribution < -0.4 is 10.6 Å². The lowest BCUT2D eigenvalue weighted by molar-refractivity contribution is -0.383. The maximum absolute atomic E-state index is 12.8. The zero-order valence-electron chi connectivity index (χ0n) is 13.9. The summed E-state index contributed by atoms with van der Waals surface area (Å²) in [5.41, 5.74) is -1.35. The van der Waals surface area contributed by atoms with Crippen molar-refractivity contribution in [3.8, 4) is 0 Å². The van der Waals surface area contributed by atoms with Crippen LogP contribution in [0.2, 0.25) is 0 Å². The number of halogens is 3. The van der Waals surface area contributed by atoms with Crippen molar-refractivity contribution in [1.82, 2.24) is 9.97 Å². The van der Waals surface area contributed by atoms with Gasteiger partial charge >= 0.3 is 11.9 Å². The van der Waals surface area contributed by atoms with Gasteiger partial charge < -0.3 is 15.4 Å². The van der Waals surface area contributed by atoms with Gasteiger partial charge in [-0.25, -0.2) is 9.97 Å². The third-order valence-electron chi connectivity index (χ3n) is 3.26. The fourth-order valence-corrected chi connectivity index (χ4v) is 2.18. The highest BCUT2D eigenvalue weighted by molar-refractivity contribution is 5.74. The van der Waals surface area contributed by atoms with Gasteiger partial charge in [-0.1, -0.05) is 6.07 Å². The molecular formula is C15H16F3N5O3. The van der Waals surface area contributed by atoms with Crippen LogP contribution in [0.25, 0.3) is 0 Å². The molecule has 1 aromatic carbocycles. The van der Waals surface area contributed by atoms with E-state index >= 15 is 0 Å². The summed E-state index contributed by atoms with van der Waals surface area (Å²) in [4.78, 5) is 18.3. The molecule has 0 aliphatic heterocycles. The summed E-state index contributed by atoms with van der Waals surface area (Å²) in [6, 6.07) is 4.00. The number of hydrogen-bond donors (Lipinski definition) is 2. The predicted molar refractivity (Wildman–Crippen MR) is 88.4 cm³/mol. The average Bonchev–Trinajstić information content (AvgIpc) is 2.54. The van der Waals surface area contributed by atoms with E-state index in [0.717, 1.165) is 18.5 Å². The smallest absolute Gasteiger partial charge is 0.383 e. The van der Waals surface area contributed by atoms with Crippen molar-refractivity contribution in [1.29, 1.82) is 0 Å². The third kappa shape index (κ3) is 4.79. The van der Waals surface area contributed by atoms with E-state index in [1.165, 1.54) is 19.2 Å². The molecule has 26 heavy (non-hydrogen) atoms. The van der Waals surface area contributed by atoms with Crippen molar-refractivity contribution in [2.45, 2.75) is 19.1 Å². The van der Waals surface area contributed by atoms with E-state index in [0.29, 0.717) is 0 Å². The number of nitrogens with one attached hydrogen (secondary N) is 2. The molecule has 0 saturated carbocycles. The van der Waals surface area contributed by atoms with Crippen LogP contribution >= 0.6 is 0 Å². The minimum Gasteiger partial charge on any atom is -0.383 e. The van der Waals surface area contributed by atoms with Gasteiger partial charge in [0.2, 0.25) is 11.6 Å². The topological polar surface area (TPSA) is 102 Å². The zero-order valence-corrected chi connectivity index (χ0v) is 13.9. The molecule has 8 nitrogen and oxygen atoms in total. The fraction of sp³-hybridized carbons (Fsp3) is 0.333. The Morgan fingerprint density at radius 1 is 1.31 bits per heavy atom. The standard InChI is InChI=1S/C15H16F3N5O3/c1-9(7-26-2)21-13-12(23(24)25)14(20-8-19-13)22-11-5-3-4-10(6-11)15(16,17)18/h3-6,8-9H,7H2,1-2H3,(H2,19,20,21,22). The molecule has 0 spiro atoms. The number of anilines is 3. The molecule has 140 valence electrons. The van der Waals surface area contributed by atoms with Gasteiger partial charge in [-0.3, -0.25) is 10.1 Å². The molecule has 0 bridgehead atoms. The van der Waals surface area contributed by atoms with Crippen molar-refractivity contribution < 1.29 is 22.8 Å². The molecule has 0 aliphatic carbocycles. The van der Waals surface area contributed by atoms with Gasteiger partial charge in [-0.15, -0.1) is 0 Å². The molecule has 0 aliphatic rings. The summed E-state index contributed by atoms with van der Waals surface area (Å²) in [5, 5.41) is 16.8. The second-order valence-electron chi connectivity index (χ2n) is 5.38. The third-order valence-corrected chi connectivity index (χ3v) is 3.26. The Balaban J connectivity index is 2.36. The minimum absolute atomic E-state index is 0.0116. The normalized spacial score (nSPS) is 12.5. The molecule has 2 aromatic rings. The van der Waals surface area contributed by atoms with Crippen LogP contribution in [0.15, 0.2) is 30.6 Å². The summed E-state index contributed by atoms with van der Waals surface area (Å²) in [6.45, 7) is 2.01. The van der Waals surface area contributed by atoms with Gasteiger partial charge in [-0.2, -0.15) is 13.2 Å². The van der Waals surface area contributed by atoms with Crippen LogP contribution in [0.3, 0.4) is 0 Å². The fourth-order valence-electron chi connectivity index (χ4n) is 2.18. The van der Waals surface area contributed by atoms with Crippen LogP contribution in [-0.2, 0) is 10.9 Å². The Labute approximate surface area is 146 Å². The van der Waals surface area contributed by atoms with Crippen LogP contribution in [-0.4, -0.2) is 34.6 Å². The first-order valence-electron chi connectivity index (χ1n) is 7.41. The summed E-state index contributed by atoms with van der Waals surface area (Å²) >= 11 is 0. The van der Waals surface area contributed by atoms with Crippen molar-refractivity contribution in [2.75, 3.05) is 24.4 Å². The van der Waals surface area contributed by atoms with E-state index in [1.54, 1.807) is 6.92 Å². The largest absolute Gasteiger partial charge is 0.416 e. The first-order chi connectivity index (χ1) is 12.2. The molecule has 0 fully saturated rings. The maximum Gasteiger partial charge on any atom is 0.416 e. The molecule has 1 atom stereocenters. The van der Waals surface area contributed by atoms with Gasteiger partial charge in [0.05, 0.1) is 17.1 Å². The molecule has 0 saturated heterocycles. The predicted octanol–water partition coefficient (Wildman–Crippen LogP) is 3.59. The Morgan fingerprint density at radius 3 is 2.62 bits per heavy atom. The van der Waals surface area contributed by atoms with Crippen LogP contribution in [0, 0.1) is 10.1 Å². The van der Waals surface area contributed by atoms with Crippen LogP contribution in [0.4, 0.5) is 36.2 Å². The van der Waals surface area contributed by atoms with Gasteiger partial charge in [-0.05, 0) is 25.1 Å². The molecule has 2 rings (SSSR count). The molecule has 1 unspecified atom stereocenters. The lowest BCUT2D eigenvalue weighted by Gasteiger charge is -2.15. The molecule has 0 radical (unpaired) electrons. The van der Waals surface area contributed by atoms with E-state index in [-0.39, 0.29) is 30.0 Å². The summed E-state index contributed by atoms with van der Waals surface area (Å²) < 4.78 is 43.4. The second kappa shape index (κ2) is 7.95.